The standard InChI is InChI=1S/C14H21ClFNO2/c1-18-9-10-19-8-3-2-7-17-11-12-13(15)5-4-6-14(12)16/h4-6,17H,2-3,7-11H2,1H3. The summed E-state index contributed by atoms with van der Waals surface area (Å²) in [5, 5.41) is 3.65. The first-order chi connectivity index (χ1) is 9.25. The largest absolute Gasteiger partial charge is 0.382 e. The van der Waals surface area contributed by atoms with Gasteiger partial charge in [-0.15, -0.1) is 0 Å². The molecule has 0 saturated carbocycles. The predicted molar refractivity (Wildman–Crippen MR) is 75.0 cm³/mol. The fourth-order valence-electron chi connectivity index (χ4n) is 1.61. The molecule has 0 spiro atoms. The molecule has 0 fully saturated rings. The lowest BCUT2D eigenvalue weighted by atomic mass is 10.2. The minimum Gasteiger partial charge on any atom is -0.382 e. The van der Waals surface area contributed by atoms with Crippen molar-refractivity contribution in [3.63, 3.8) is 0 Å². The summed E-state index contributed by atoms with van der Waals surface area (Å²) < 4.78 is 23.7. The molecule has 1 aromatic carbocycles. The van der Waals surface area contributed by atoms with E-state index < -0.39 is 0 Å². The van der Waals surface area contributed by atoms with Crippen molar-refractivity contribution in [2.75, 3.05) is 33.5 Å². The van der Waals surface area contributed by atoms with E-state index in [4.69, 9.17) is 21.1 Å². The topological polar surface area (TPSA) is 30.5 Å². The molecule has 0 heterocycles. The SMILES string of the molecule is COCCOCCCCNCc1c(F)cccc1Cl. The summed E-state index contributed by atoms with van der Waals surface area (Å²) in [4.78, 5) is 0. The van der Waals surface area contributed by atoms with Crippen LogP contribution >= 0.6 is 11.6 Å². The molecule has 0 atom stereocenters. The Morgan fingerprint density at radius 1 is 1.21 bits per heavy atom. The maximum atomic E-state index is 13.4. The molecule has 5 heteroatoms. The van der Waals surface area contributed by atoms with Crippen LogP contribution in [0.3, 0.4) is 0 Å². The molecule has 0 saturated heterocycles. The zero-order valence-electron chi connectivity index (χ0n) is 11.3. The van der Waals surface area contributed by atoms with Gasteiger partial charge in [0.05, 0.1) is 13.2 Å². The van der Waals surface area contributed by atoms with Gasteiger partial charge in [-0.1, -0.05) is 17.7 Å². The number of rotatable bonds is 10. The Morgan fingerprint density at radius 3 is 2.79 bits per heavy atom. The third kappa shape index (κ3) is 6.87. The fourth-order valence-corrected chi connectivity index (χ4v) is 1.84. The highest BCUT2D eigenvalue weighted by Gasteiger charge is 2.05. The molecule has 0 unspecified atom stereocenters. The average Bonchev–Trinajstić information content (AvgIpc) is 2.40. The first kappa shape index (κ1) is 16.4. The van der Waals surface area contributed by atoms with Crippen LogP contribution in [0.15, 0.2) is 18.2 Å². The minimum absolute atomic E-state index is 0.261. The van der Waals surface area contributed by atoms with Gasteiger partial charge in [0, 0.05) is 30.8 Å². The first-order valence-electron chi connectivity index (χ1n) is 6.46. The Balaban J connectivity index is 2.05. The van der Waals surface area contributed by atoms with Crippen molar-refractivity contribution in [3.8, 4) is 0 Å². The van der Waals surface area contributed by atoms with E-state index in [9.17, 15) is 4.39 Å². The molecule has 0 aliphatic carbocycles. The Bertz CT molecular complexity index is 343. The molecule has 1 aromatic rings. The van der Waals surface area contributed by atoms with Crippen molar-refractivity contribution in [3.05, 3.63) is 34.6 Å². The highest BCUT2D eigenvalue weighted by Crippen LogP contribution is 2.18. The average molecular weight is 290 g/mol. The van der Waals surface area contributed by atoms with E-state index in [1.165, 1.54) is 6.07 Å². The van der Waals surface area contributed by atoms with Crippen LogP contribution in [0, 0.1) is 5.82 Å². The lowest BCUT2D eigenvalue weighted by Crippen LogP contribution is -2.16. The normalized spacial score (nSPS) is 10.9. The molecule has 0 aliphatic rings. The Labute approximate surface area is 119 Å². The maximum absolute atomic E-state index is 13.4. The summed E-state index contributed by atoms with van der Waals surface area (Å²) in [5.41, 5.74) is 0.528. The Hall–Kier alpha value is -0.680. The van der Waals surface area contributed by atoms with Crippen LogP contribution in [0.4, 0.5) is 4.39 Å². The van der Waals surface area contributed by atoms with Gasteiger partial charge in [0.2, 0.25) is 0 Å². The second-order valence-electron chi connectivity index (χ2n) is 4.19. The van der Waals surface area contributed by atoms with Crippen LogP contribution in [-0.4, -0.2) is 33.5 Å². The van der Waals surface area contributed by atoms with Gasteiger partial charge >= 0.3 is 0 Å². The zero-order chi connectivity index (χ0) is 13.9. The molecule has 0 radical (unpaired) electrons. The van der Waals surface area contributed by atoms with Crippen LogP contribution in [0.25, 0.3) is 0 Å². The van der Waals surface area contributed by atoms with Crippen LogP contribution in [0.5, 0.6) is 0 Å². The van der Waals surface area contributed by atoms with Crippen LogP contribution < -0.4 is 5.32 Å². The van der Waals surface area contributed by atoms with Crippen molar-refractivity contribution in [2.24, 2.45) is 0 Å². The predicted octanol–water partition coefficient (Wildman–Crippen LogP) is 3.01. The second-order valence-corrected chi connectivity index (χ2v) is 4.60. The van der Waals surface area contributed by atoms with E-state index >= 15 is 0 Å². The van der Waals surface area contributed by atoms with Gasteiger partial charge in [0.15, 0.2) is 0 Å². The van der Waals surface area contributed by atoms with Crippen LogP contribution in [0.1, 0.15) is 18.4 Å². The van der Waals surface area contributed by atoms with Gasteiger partial charge in [-0.2, -0.15) is 0 Å². The van der Waals surface area contributed by atoms with E-state index in [2.05, 4.69) is 5.32 Å². The van der Waals surface area contributed by atoms with Crippen molar-refractivity contribution < 1.29 is 13.9 Å². The highest BCUT2D eigenvalue weighted by atomic mass is 35.5. The van der Waals surface area contributed by atoms with Crippen molar-refractivity contribution in [1.29, 1.82) is 0 Å². The molecule has 0 aromatic heterocycles. The lowest BCUT2D eigenvalue weighted by Gasteiger charge is -2.08. The van der Waals surface area contributed by atoms with Crippen LogP contribution in [0.2, 0.25) is 5.02 Å². The number of unbranched alkanes of at least 4 members (excludes halogenated alkanes) is 1. The zero-order valence-corrected chi connectivity index (χ0v) is 12.0. The summed E-state index contributed by atoms with van der Waals surface area (Å²) in [5.74, 6) is -0.261. The molecule has 3 nitrogen and oxygen atoms in total. The molecular formula is C14H21ClFNO2. The van der Waals surface area contributed by atoms with Gasteiger partial charge in [-0.3, -0.25) is 0 Å². The van der Waals surface area contributed by atoms with E-state index in [0.717, 1.165) is 26.0 Å². The number of halogens is 2. The molecule has 0 aliphatic heterocycles. The smallest absolute Gasteiger partial charge is 0.129 e. The van der Waals surface area contributed by atoms with E-state index in [1.54, 1.807) is 19.2 Å². The van der Waals surface area contributed by atoms with Gasteiger partial charge in [-0.05, 0) is 31.5 Å². The molecule has 108 valence electrons. The molecule has 0 amide bonds. The lowest BCUT2D eigenvalue weighted by molar-refractivity contribution is 0.0688. The molecule has 1 N–H and O–H groups in total. The van der Waals surface area contributed by atoms with Crippen LogP contribution in [-0.2, 0) is 16.0 Å². The van der Waals surface area contributed by atoms with Crippen molar-refractivity contribution >= 4 is 11.6 Å². The summed E-state index contributed by atoms with van der Waals surface area (Å²) in [6.07, 6.45) is 1.96. The van der Waals surface area contributed by atoms with Gasteiger partial charge in [-0.25, -0.2) is 4.39 Å². The third-order valence-corrected chi connectivity index (χ3v) is 3.04. The summed E-state index contributed by atoms with van der Waals surface area (Å²) in [6, 6.07) is 4.73. The monoisotopic (exact) mass is 289 g/mol. The Morgan fingerprint density at radius 2 is 2.05 bits per heavy atom. The van der Waals surface area contributed by atoms with Gasteiger partial charge in [0.25, 0.3) is 0 Å². The van der Waals surface area contributed by atoms with Gasteiger partial charge < -0.3 is 14.8 Å². The number of methoxy groups -OCH3 is 1. The van der Waals surface area contributed by atoms with Crippen molar-refractivity contribution in [1.82, 2.24) is 5.32 Å². The summed E-state index contributed by atoms with van der Waals surface area (Å²) in [6.45, 7) is 3.26. The second kappa shape index (κ2) is 10.1. The van der Waals surface area contributed by atoms with E-state index in [-0.39, 0.29) is 5.82 Å². The van der Waals surface area contributed by atoms with Gasteiger partial charge in [0.1, 0.15) is 5.82 Å². The maximum Gasteiger partial charge on any atom is 0.129 e. The fraction of sp³-hybridized carbons (Fsp3) is 0.571. The number of nitrogens with one attached hydrogen (secondary N) is 1. The summed E-state index contributed by atoms with van der Waals surface area (Å²) >= 11 is 5.93. The molecule has 1 rings (SSSR count). The molecule has 0 bridgehead atoms. The quantitative estimate of drug-likeness (QED) is 0.672. The first-order valence-corrected chi connectivity index (χ1v) is 6.83. The van der Waals surface area contributed by atoms with E-state index in [0.29, 0.717) is 30.3 Å². The Kier molecular flexibility index (Phi) is 8.75. The number of benzene rings is 1. The molecular weight excluding hydrogens is 269 g/mol. The summed E-state index contributed by atoms with van der Waals surface area (Å²) in [7, 11) is 1.65. The van der Waals surface area contributed by atoms with E-state index in [1.807, 2.05) is 0 Å². The highest BCUT2D eigenvalue weighted by molar-refractivity contribution is 6.31. The number of hydrogen-bond donors (Lipinski definition) is 1. The number of hydrogen-bond acceptors (Lipinski definition) is 3. The van der Waals surface area contributed by atoms with Crippen molar-refractivity contribution in [2.45, 2.75) is 19.4 Å². The number of ether oxygens (including phenoxy) is 2. The minimum atomic E-state index is -0.261. The molecule has 19 heavy (non-hydrogen) atoms. The third-order valence-electron chi connectivity index (χ3n) is 2.69.